The van der Waals surface area contributed by atoms with Gasteiger partial charge in [-0.15, -0.1) is 0 Å². The van der Waals surface area contributed by atoms with E-state index in [0.29, 0.717) is 10.4 Å². The third kappa shape index (κ3) is 4.85. The Balaban J connectivity index is 2.05. The van der Waals surface area contributed by atoms with Crippen LogP contribution in [0.5, 0.6) is 0 Å². The number of nitrogens with one attached hydrogen (secondary N) is 1. The fourth-order valence-electron chi connectivity index (χ4n) is 2.09. The number of ether oxygens (including phenoxy) is 1. The quantitative estimate of drug-likeness (QED) is 0.796. The number of carbonyl (C=O) groups excluding carboxylic acids is 1. The monoisotopic (exact) mass is 381 g/mol. The fourth-order valence-corrected chi connectivity index (χ4v) is 2.40. The number of carboxylic acids is 1. The van der Waals surface area contributed by atoms with Crippen LogP contribution < -0.4 is 5.32 Å². The first-order valence-electron chi connectivity index (χ1n) is 6.85. The molecule has 0 saturated heterocycles. The van der Waals surface area contributed by atoms with Gasteiger partial charge in [-0.2, -0.15) is 0 Å². The number of rotatable bonds is 6. The molecule has 6 nitrogen and oxygen atoms in total. The lowest BCUT2D eigenvalue weighted by Crippen LogP contribution is -2.45. The molecule has 0 bridgehead atoms. The molecule has 2 N–H and O–H groups in total. The molecule has 0 aliphatic heterocycles. The van der Waals surface area contributed by atoms with Gasteiger partial charge in [-0.1, -0.05) is 30.3 Å². The Morgan fingerprint density at radius 1 is 1.26 bits per heavy atom. The largest absolute Gasteiger partial charge is 0.481 e. The molecule has 7 heteroatoms. The van der Waals surface area contributed by atoms with Crippen LogP contribution in [0.4, 0.5) is 4.79 Å². The van der Waals surface area contributed by atoms with Gasteiger partial charge < -0.3 is 19.6 Å². The summed E-state index contributed by atoms with van der Waals surface area (Å²) in [6.07, 6.45) is -1.06. The first-order valence-corrected chi connectivity index (χ1v) is 7.65. The van der Waals surface area contributed by atoms with E-state index in [2.05, 4.69) is 21.2 Å². The van der Waals surface area contributed by atoms with Gasteiger partial charge in [-0.05, 0) is 40.5 Å². The van der Waals surface area contributed by atoms with Crippen molar-refractivity contribution in [1.29, 1.82) is 0 Å². The summed E-state index contributed by atoms with van der Waals surface area (Å²) >= 11 is 3.16. The van der Waals surface area contributed by atoms with Crippen LogP contribution >= 0.6 is 15.9 Å². The van der Waals surface area contributed by atoms with E-state index < -0.39 is 17.6 Å². The topological polar surface area (TPSA) is 88.8 Å². The maximum absolute atomic E-state index is 12.0. The van der Waals surface area contributed by atoms with Gasteiger partial charge in [-0.25, -0.2) is 4.79 Å². The second-order valence-electron chi connectivity index (χ2n) is 5.19. The SMILES string of the molecule is CC(CC(=O)O)(NC(=O)OCc1ccccc1)c1ccc(Br)o1. The lowest BCUT2D eigenvalue weighted by molar-refractivity contribution is -0.138. The molecule has 0 radical (unpaired) electrons. The lowest BCUT2D eigenvalue weighted by atomic mass is 9.95. The smallest absolute Gasteiger partial charge is 0.408 e. The van der Waals surface area contributed by atoms with Crippen molar-refractivity contribution in [1.82, 2.24) is 5.32 Å². The number of aliphatic carboxylic acids is 1. The molecule has 1 aromatic carbocycles. The Labute approximate surface area is 141 Å². The first-order chi connectivity index (χ1) is 10.9. The minimum atomic E-state index is -1.22. The van der Waals surface area contributed by atoms with Gasteiger partial charge in [0.15, 0.2) is 4.67 Å². The van der Waals surface area contributed by atoms with Crippen molar-refractivity contribution >= 4 is 28.0 Å². The van der Waals surface area contributed by atoms with Crippen molar-refractivity contribution in [2.45, 2.75) is 25.5 Å². The first kappa shape index (κ1) is 17.1. The molecule has 2 aromatic rings. The molecule has 1 aromatic heterocycles. The Morgan fingerprint density at radius 3 is 2.52 bits per heavy atom. The number of halogens is 1. The number of amides is 1. The highest BCUT2D eigenvalue weighted by atomic mass is 79.9. The van der Waals surface area contributed by atoms with E-state index in [4.69, 9.17) is 14.3 Å². The molecule has 0 aliphatic rings. The second-order valence-corrected chi connectivity index (χ2v) is 5.97. The minimum Gasteiger partial charge on any atom is -0.481 e. The normalized spacial score (nSPS) is 13.1. The maximum atomic E-state index is 12.0. The van der Waals surface area contributed by atoms with E-state index >= 15 is 0 Å². The Morgan fingerprint density at radius 2 is 1.96 bits per heavy atom. The Bertz CT molecular complexity index is 685. The van der Waals surface area contributed by atoms with Gasteiger partial charge in [0, 0.05) is 0 Å². The summed E-state index contributed by atoms with van der Waals surface area (Å²) < 4.78 is 11.0. The molecule has 0 spiro atoms. The van der Waals surface area contributed by atoms with Crippen LogP contribution in [0.25, 0.3) is 0 Å². The fraction of sp³-hybridized carbons (Fsp3) is 0.250. The van der Waals surface area contributed by atoms with Gasteiger partial charge >= 0.3 is 12.1 Å². The molecule has 1 amide bonds. The van der Waals surface area contributed by atoms with Gasteiger partial charge in [0.1, 0.15) is 17.9 Å². The summed E-state index contributed by atoms with van der Waals surface area (Å²) in [6.45, 7) is 1.66. The van der Waals surface area contributed by atoms with Crippen LogP contribution in [0, 0.1) is 0 Å². The van der Waals surface area contributed by atoms with Gasteiger partial charge in [0.05, 0.1) is 6.42 Å². The lowest BCUT2D eigenvalue weighted by Gasteiger charge is -2.26. The summed E-state index contributed by atoms with van der Waals surface area (Å²) in [4.78, 5) is 23.1. The van der Waals surface area contributed by atoms with E-state index in [1.807, 2.05) is 30.3 Å². The second kappa shape index (κ2) is 7.32. The average molecular weight is 382 g/mol. The van der Waals surface area contributed by atoms with Gasteiger partial charge in [0.2, 0.25) is 0 Å². The highest BCUT2D eigenvalue weighted by Gasteiger charge is 2.35. The number of hydrogen-bond acceptors (Lipinski definition) is 4. The van der Waals surface area contributed by atoms with Crippen molar-refractivity contribution in [3.63, 3.8) is 0 Å². The summed E-state index contributed by atoms with van der Waals surface area (Å²) in [5.41, 5.74) is -0.380. The van der Waals surface area contributed by atoms with E-state index in [-0.39, 0.29) is 13.0 Å². The number of hydrogen-bond donors (Lipinski definition) is 2. The Kier molecular flexibility index (Phi) is 5.44. The Hall–Kier alpha value is -2.28. The number of carboxylic acid groups (broad SMARTS) is 1. The van der Waals surface area contributed by atoms with Crippen LogP contribution in [0.3, 0.4) is 0 Å². The van der Waals surface area contributed by atoms with E-state index in [1.54, 1.807) is 19.1 Å². The third-order valence-electron chi connectivity index (χ3n) is 3.21. The summed E-state index contributed by atoms with van der Waals surface area (Å²) in [7, 11) is 0. The van der Waals surface area contributed by atoms with Gasteiger partial charge in [0.25, 0.3) is 0 Å². The predicted molar refractivity (Wildman–Crippen MR) is 85.8 cm³/mol. The van der Waals surface area contributed by atoms with Crippen LogP contribution in [0.1, 0.15) is 24.7 Å². The highest BCUT2D eigenvalue weighted by Crippen LogP contribution is 2.28. The molecular formula is C16H16BrNO5. The molecule has 2 rings (SSSR count). The van der Waals surface area contributed by atoms with Crippen molar-refractivity contribution < 1.29 is 23.8 Å². The molecule has 23 heavy (non-hydrogen) atoms. The van der Waals surface area contributed by atoms with E-state index in [9.17, 15) is 9.59 Å². The molecule has 1 heterocycles. The summed E-state index contributed by atoms with van der Waals surface area (Å²) in [5, 5.41) is 11.7. The molecule has 0 aliphatic carbocycles. The third-order valence-corrected chi connectivity index (χ3v) is 3.64. The summed E-state index contributed by atoms with van der Waals surface area (Å²) in [5.74, 6) is -0.744. The zero-order chi connectivity index (χ0) is 16.9. The zero-order valence-corrected chi connectivity index (χ0v) is 14.0. The van der Waals surface area contributed by atoms with E-state index in [1.165, 1.54) is 0 Å². The standard InChI is InChI=1S/C16H16BrNO5/c1-16(9-14(19)20,12-7-8-13(17)23-12)18-15(21)22-10-11-5-3-2-4-6-11/h2-8H,9-10H2,1H3,(H,18,21)(H,19,20). The van der Waals surface area contributed by atoms with E-state index in [0.717, 1.165) is 5.56 Å². The highest BCUT2D eigenvalue weighted by molar-refractivity contribution is 9.10. The zero-order valence-electron chi connectivity index (χ0n) is 12.4. The molecular weight excluding hydrogens is 366 g/mol. The molecule has 1 unspecified atom stereocenters. The number of alkyl carbamates (subject to hydrolysis) is 1. The van der Waals surface area contributed by atoms with Crippen molar-refractivity contribution in [2.75, 3.05) is 0 Å². The maximum Gasteiger partial charge on any atom is 0.408 e. The number of furan rings is 1. The molecule has 1 atom stereocenters. The average Bonchev–Trinajstić information content (AvgIpc) is 2.93. The van der Waals surface area contributed by atoms with Crippen molar-refractivity contribution in [3.05, 3.63) is 58.5 Å². The summed E-state index contributed by atoms with van der Waals surface area (Å²) in [6, 6.07) is 12.4. The van der Waals surface area contributed by atoms with Crippen molar-refractivity contribution in [2.24, 2.45) is 0 Å². The number of benzene rings is 1. The van der Waals surface area contributed by atoms with Crippen LogP contribution in [0.15, 0.2) is 51.6 Å². The predicted octanol–water partition coefficient (Wildman–Crippen LogP) is 3.66. The molecule has 122 valence electrons. The van der Waals surface area contributed by atoms with Crippen LogP contribution in [-0.4, -0.2) is 17.2 Å². The molecule has 0 saturated carbocycles. The van der Waals surface area contributed by atoms with Crippen molar-refractivity contribution in [3.8, 4) is 0 Å². The number of carbonyl (C=O) groups is 2. The van der Waals surface area contributed by atoms with Crippen LogP contribution in [0.2, 0.25) is 0 Å². The molecule has 0 fully saturated rings. The minimum absolute atomic E-state index is 0.0949. The van der Waals surface area contributed by atoms with Crippen LogP contribution in [-0.2, 0) is 21.7 Å². The van der Waals surface area contributed by atoms with Gasteiger partial charge in [-0.3, -0.25) is 4.79 Å².